The molecule has 0 amide bonds. The van der Waals surface area contributed by atoms with E-state index in [-0.39, 0.29) is 5.57 Å². The lowest BCUT2D eigenvalue weighted by molar-refractivity contribution is -0.149. The highest BCUT2D eigenvalue weighted by Crippen LogP contribution is 2.30. The molecular weight excluding hydrogens is 388 g/mol. The van der Waals surface area contributed by atoms with Crippen LogP contribution in [0.1, 0.15) is 26.3 Å². The van der Waals surface area contributed by atoms with Gasteiger partial charge in [-0.3, -0.25) is 0 Å². The van der Waals surface area contributed by atoms with E-state index in [4.69, 9.17) is 15.7 Å². The maximum Gasteiger partial charge on any atom is 0.349 e. The Kier molecular flexibility index (Phi) is 5.37. The van der Waals surface area contributed by atoms with E-state index < -0.39 is 11.6 Å². The van der Waals surface area contributed by atoms with E-state index >= 15 is 0 Å². The normalized spacial score (nSPS) is 11.9. The van der Waals surface area contributed by atoms with Crippen LogP contribution in [-0.4, -0.2) is 11.6 Å². The zero-order valence-corrected chi connectivity index (χ0v) is 14.5. The summed E-state index contributed by atoms with van der Waals surface area (Å²) in [5.41, 5.74) is 6.30. The van der Waals surface area contributed by atoms with Crippen LogP contribution in [0, 0.1) is 11.3 Å². The number of anilines is 1. The molecular formula is C14H14Br2N2O2. The molecule has 0 bridgehead atoms. The Morgan fingerprint density at radius 3 is 2.25 bits per heavy atom. The lowest BCUT2D eigenvalue weighted by Crippen LogP contribution is -2.24. The molecule has 0 atom stereocenters. The van der Waals surface area contributed by atoms with Crippen molar-refractivity contribution in [2.24, 2.45) is 0 Å². The van der Waals surface area contributed by atoms with E-state index in [1.165, 1.54) is 6.08 Å². The number of halogens is 2. The van der Waals surface area contributed by atoms with Gasteiger partial charge in [-0.05, 0) is 76.4 Å². The average molecular weight is 402 g/mol. The molecule has 2 N–H and O–H groups in total. The highest BCUT2D eigenvalue weighted by molar-refractivity contribution is 9.11. The van der Waals surface area contributed by atoms with Crippen LogP contribution in [0.15, 0.2) is 26.7 Å². The molecule has 0 aliphatic heterocycles. The highest BCUT2D eigenvalue weighted by atomic mass is 79.9. The van der Waals surface area contributed by atoms with Crippen LogP contribution in [-0.2, 0) is 9.53 Å². The van der Waals surface area contributed by atoms with Gasteiger partial charge >= 0.3 is 5.97 Å². The lowest BCUT2D eigenvalue weighted by Gasteiger charge is -2.19. The standard InChI is InChI=1S/C14H14Br2N2O2/c1-14(2,3)20-13(19)9(7-17)4-8-5-10(15)12(18)11(16)6-8/h4-6H,18H2,1-3H3. The fourth-order valence-electron chi connectivity index (χ4n) is 1.32. The first-order valence-corrected chi connectivity index (χ1v) is 7.32. The molecule has 6 heteroatoms. The zero-order valence-electron chi connectivity index (χ0n) is 11.3. The molecule has 0 heterocycles. The van der Waals surface area contributed by atoms with Crippen molar-refractivity contribution in [1.29, 1.82) is 5.26 Å². The Hall–Kier alpha value is -1.32. The first-order chi connectivity index (χ1) is 9.14. The summed E-state index contributed by atoms with van der Waals surface area (Å²) in [4.78, 5) is 11.9. The maximum atomic E-state index is 11.9. The van der Waals surface area contributed by atoms with Gasteiger partial charge in [0.2, 0.25) is 0 Å². The summed E-state index contributed by atoms with van der Waals surface area (Å²) in [5, 5.41) is 9.08. The molecule has 1 rings (SSSR count). The van der Waals surface area contributed by atoms with Gasteiger partial charge in [0.25, 0.3) is 0 Å². The summed E-state index contributed by atoms with van der Waals surface area (Å²) >= 11 is 6.62. The van der Waals surface area contributed by atoms with Crippen LogP contribution in [0.3, 0.4) is 0 Å². The van der Waals surface area contributed by atoms with Crippen molar-refractivity contribution in [1.82, 2.24) is 0 Å². The smallest absolute Gasteiger partial charge is 0.349 e. The number of hydrogen-bond donors (Lipinski definition) is 1. The molecule has 4 nitrogen and oxygen atoms in total. The third kappa shape index (κ3) is 4.66. The molecule has 106 valence electrons. The number of nitriles is 1. The fourth-order valence-corrected chi connectivity index (χ4v) is 2.55. The van der Waals surface area contributed by atoms with E-state index in [1.807, 2.05) is 6.07 Å². The number of nitrogens with two attached hydrogens (primary N) is 1. The Balaban J connectivity index is 3.13. The molecule has 0 aliphatic rings. The van der Waals surface area contributed by atoms with E-state index in [0.29, 0.717) is 20.2 Å². The Morgan fingerprint density at radius 2 is 1.85 bits per heavy atom. The molecule has 0 aromatic heterocycles. The van der Waals surface area contributed by atoms with Crippen LogP contribution >= 0.6 is 31.9 Å². The zero-order chi connectivity index (χ0) is 15.5. The van der Waals surface area contributed by atoms with Crippen LogP contribution in [0.2, 0.25) is 0 Å². The van der Waals surface area contributed by atoms with Gasteiger partial charge in [0.1, 0.15) is 17.2 Å². The molecule has 20 heavy (non-hydrogen) atoms. The Bertz CT molecular complexity index is 588. The molecule has 1 aromatic carbocycles. The number of nitrogens with zero attached hydrogens (tertiary/aromatic N) is 1. The topological polar surface area (TPSA) is 76.1 Å². The first kappa shape index (κ1) is 16.7. The van der Waals surface area contributed by atoms with Crippen molar-refractivity contribution in [3.8, 4) is 6.07 Å². The molecule has 0 aliphatic carbocycles. The van der Waals surface area contributed by atoms with E-state index in [1.54, 1.807) is 32.9 Å². The maximum absolute atomic E-state index is 11.9. The van der Waals surface area contributed by atoms with Crippen LogP contribution in [0.25, 0.3) is 6.08 Å². The van der Waals surface area contributed by atoms with Crippen molar-refractivity contribution in [3.05, 3.63) is 32.2 Å². The van der Waals surface area contributed by atoms with Crippen molar-refractivity contribution in [2.45, 2.75) is 26.4 Å². The second-order valence-electron chi connectivity index (χ2n) is 5.07. The summed E-state index contributed by atoms with van der Waals surface area (Å²) < 4.78 is 6.53. The Labute approximate surface area is 134 Å². The number of hydrogen-bond acceptors (Lipinski definition) is 4. The minimum Gasteiger partial charge on any atom is -0.456 e. The number of nitrogen functional groups attached to an aromatic ring is 1. The second kappa shape index (κ2) is 6.42. The Morgan fingerprint density at radius 1 is 1.35 bits per heavy atom. The van der Waals surface area contributed by atoms with Crippen LogP contribution in [0.5, 0.6) is 0 Å². The summed E-state index contributed by atoms with van der Waals surface area (Å²) in [6, 6.07) is 5.30. The van der Waals surface area contributed by atoms with Gasteiger partial charge in [0.15, 0.2) is 0 Å². The lowest BCUT2D eigenvalue weighted by atomic mass is 10.1. The first-order valence-electron chi connectivity index (χ1n) is 5.73. The third-order valence-electron chi connectivity index (χ3n) is 2.15. The predicted molar refractivity (Wildman–Crippen MR) is 85.7 cm³/mol. The third-order valence-corrected chi connectivity index (χ3v) is 3.46. The minimum absolute atomic E-state index is 0.0662. The largest absolute Gasteiger partial charge is 0.456 e. The fraction of sp³-hybridized carbons (Fsp3) is 0.286. The van der Waals surface area contributed by atoms with Crippen molar-refractivity contribution >= 4 is 49.6 Å². The number of benzene rings is 1. The monoisotopic (exact) mass is 400 g/mol. The molecule has 1 aromatic rings. The van der Waals surface area contributed by atoms with Gasteiger partial charge in [-0.25, -0.2) is 4.79 Å². The number of carbonyl (C=O) groups excluding carboxylic acids is 1. The highest BCUT2D eigenvalue weighted by Gasteiger charge is 2.20. The van der Waals surface area contributed by atoms with Gasteiger partial charge in [-0.15, -0.1) is 0 Å². The van der Waals surface area contributed by atoms with Crippen LogP contribution < -0.4 is 5.73 Å². The van der Waals surface area contributed by atoms with Gasteiger partial charge in [0, 0.05) is 8.95 Å². The average Bonchev–Trinajstić information content (AvgIpc) is 2.30. The summed E-state index contributed by atoms with van der Waals surface area (Å²) in [6.07, 6.45) is 1.46. The summed E-state index contributed by atoms with van der Waals surface area (Å²) in [6.45, 7) is 5.24. The van der Waals surface area contributed by atoms with Gasteiger partial charge in [-0.1, -0.05) is 0 Å². The van der Waals surface area contributed by atoms with Gasteiger partial charge in [0.05, 0.1) is 5.69 Å². The van der Waals surface area contributed by atoms with Gasteiger partial charge in [-0.2, -0.15) is 5.26 Å². The molecule has 0 unspecified atom stereocenters. The molecule has 0 radical (unpaired) electrons. The second-order valence-corrected chi connectivity index (χ2v) is 6.78. The van der Waals surface area contributed by atoms with Crippen LogP contribution in [0.4, 0.5) is 5.69 Å². The van der Waals surface area contributed by atoms with E-state index in [2.05, 4.69) is 31.9 Å². The SMILES string of the molecule is CC(C)(C)OC(=O)C(C#N)=Cc1cc(Br)c(N)c(Br)c1. The quantitative estimate of drug-likeness (QED) is 0.351. The molecule has 0 fully saturated rings. The number of esters is 1. The van der Waals surface area contributed by atoms with Gasteiger partial charge < -0.3 is 10.5 Å². The van der Waals surface area contributed by atoms with Crippen molar-refractivity contribution in [3.63, 3.8) is 0 Å². The van der Waals surface area contributed by atoms with Crippen molar-refractivity contribution in [2.75, 3.05) is 5.73 Å². The van der Waals surface area contributed by atoms with Crippen molar-refractivity contribution < 1.29 is 9.53 Å². The summed E-state index contributed by atoms with van der Waals surface area (Å²) in [7, 11) is 0. The summed E-state index contributed by atoms with van der Waals surface area (Å²) in [5.74, 6) is -0.649. The number of rotatable bonds is 2. The number of ether oxygens (including phenoxy) is 1. The molecule has 0 spiro atoms. The van der Waals surface area contributed by atoms with E-state index in [0.717, 1.165) is 0 Å². The predicted octanol–water partition coefficient (Wildman–Crippen LogP) is 4.04. The molecule has 0 saturated carbocycles. The van der Waals surface area contributed by atoms with E-state index in [9.17, 15) is 4.79 Å². The number of carbonyl (C=O) groups is 1. The molecule has 0 saturated heterocycles. The minimum atomic E-state index is -0.649.